The van der Waals surface area contributed by atoms with E-state index >= 15 is 0 Å². The largest absolute Gasteiger partial charge is 0.364 e. The van der Waals surface area contributed by atoms with Gasteiger partial charge in [0, 0.05) is 6.42 Å². The molecule has 0 saturated heterocycles. The lowest BCUT2D eigenvalue weighted by Crippen LogP contribution is -2.15. The molecule has 0 spiro atoms. The Morgan fingerprint density at radius 2 is 1.41 bits per heavy atom. The molecule has 1 aromatic heterocycles. The van der Waals surface area contributed by atoms with Crippen LogP contribution in [-0.4, -0.2) is 21.1 Å². The van der Waals surface area contributed by atoms with Crippen LogP contribution in [0.3, 0.4) is 0 Å². The van der Waals surface area contributed by atoms with Crippen LogP contribution >= 0.6 is 0 Å². The van der Waals surface area contributed by atoms with E-state index in [0.717, 1.165) is 18.4 Å². The summed E-state index contributed by atoms with van der Waals surface area (Å²) >= 11 is 0. The van der Waals surface area contributed by atoms with Crippen LogP contribution in [0, 0.1) is 0 Å². The number of hydrogen-bond acceptors (Lipinski definition) is 3. The van der Waals surface area contributed by atoms with Crippen LogP contribution in [-0.2, 0) is 6.42 Å². The summed E-state index contributed by atoms with van der Waals surface area (Å²) in [6.45, 7) is 6.63. The van der Waals surface area contributed by atoms with E-state index in [1.165, 1.54) is 87.3 Å². The number of H-pyrrole nitrogens is 1. The molecule has 2 aromatic rings. The van der Waals surface area contributed by atoms with Crippen molar-refractivity contribution in [1.29, 1.82) is 0 Å². The second-order valence-corrected chi connectivity index (χ2v) is 9.32. The SMILES string of the molecule is CCCCCCCCCCCCCCCc1n[nH]c(=O)n1N=Cc1ccc(C(C)C)cc1. The lowest BCUT2D eigenvalue weighted by atomic mass is 10.0. The second kappa shape index (κ2) is 15.6. The van der Waals surface area contributed by atoms with Crippen LogP contribution in [0.5, 0.6) is 0 Å². The zero-order chi connectivity index (χ0) is 23.0. The van der Waals surface area contributed by atoms with Crippen LogP contribution in [0.25, 0.3) is 0 Å². The molecule has 5 nitrogen and oxygen atoms in total. The maximum Gasteiger partial charge on any atom is 0.364 e. The highest BCUT2D eigenvalue weighted by Gasteiger charge is 2.07. The first-order valence-corrected chi connectivity index (χ1v) is 12.9. The molecule has 1 aromatic carbocycles. The van der Waals surface area contributed by atoms with Crippen LogP contribution in [0.4, 0.5) is 0 Å². The molecular formula is C27H44N4O. The number of hydrogen-bond donors (Lipinski definition) is 1. The fourth-order valence-corrected chi connectivity index (χ4v) is 4.00. The molecule has 0 saturated carbocycles. The number of nitrogens with zero attached hydrogens (tertiary/aromatic N) is 3. The highest BCUT2D eigenvalue weighted by Crippen LogP contribution is 2.15. The zero-order valence-electron chi connectivity index (χ0n) is 20.6. The molecule has 0 aliphatic rings. The van der Waals surface area contributed by atoms with Gasteiger partial charge in [0.15, 0.2) is 5.82 Å². The highest BCUT2D eigenvalue weighted by molar-refractivity contribution is 5.79. The highest BCUT2D eigenvalue weighted by atomic mass is 16.2. The zero-order valence-corrected chi connectivity index (χ0v) is 20.6. The smallest absolute Gasteiger partial charge is 0.244 e. The Labute approximate surface area is 194 Å². The van der Waals surface area contributed by atoms with E-state index in [9.17, 15) is 4.79 Å². The van der Waals surface area contributed by atoms with Crippen molar-refractivity contribution < 1.29 is 0 Å². The maximum atomic E-state index is 12.1. The number of nitrogens with one attached hydrogen (secondary N) is 1. The Morgan fingerprint density at radius 1 is 0.875 bits per heavy atom. The van der Waals surface area contributed by atoms with Crippen molar-refractivity contribution in [3.63, 3.8) is 0 Å². The van der Waals surface area contributed by atoms with Crippen LogP contribution in [0.15, 0.2) is 34.2 Å². The van der Waals surface area contributed by atoms with Gasteiger partial charge in [0.1, 0.15) is 0 Å². The second-order valence-electron chi connectivity index (χ2n) is 9.32. The summed E-state index contributed by atoms with van der Waals surface area (Å²) in [6.07, 6.45) is 19.8. The van der Waals surface area contributed by atoms with Gasteiger partial charge in [-0.1, -0.05) is 122 Å². The standard InChI is InChI=1S/C27H44N4O/c1-4-5-6-7-8-9-10-11-12-13-14-15-16-17-26-29-30-27(32)31(26)28-22-24-18-20-25(21-19-24)23(2)3/h18-23H,4-17H2,1-3H3,(H,30,32). The molecule has 1 N–H and O–H groups in total. The van der Waals surface area contributed by atoms with Crippen molar-refractivity contribution in [3.05, 3.63) is 51.7 Å². The number of aryl methyl sites for hydroxylation is 1. The summed E-state index contributed by atoms with van der Waals surface area (Å²) in [6, 6.07) is 8.30. The molecule has 0 bridgehead atoms. The third kappa shape index (κ3) is 9.97. The molecule has 1 heterocycles. The van der Waals surface area contributed by atoms with Crippen molar-refractivity contribution in [1.82, 2.24) is 14.9 Å². The van der Waals surface area contributed by atoms with Gasteiger partial charge in [-0.05, 0) is 23.5 Å². The van der Waals surface area contributed by atoms with E-state index in [1.807, 2.05) is 12.1 Å². The molecule has 0 fully saturated rings. The molecule has 2 rings (SSSR count). The normalized spacial score (nSPS) is 11.8. The summed E-state index contributed by atoms with van der Waals surface area (Å²) in [7, 11) is 0. The minimum atomic E-state index is -0.273. The fourth-order valence-electron chi connectivity index (χ4n) is 4.00. The summed E-state index contributed by atoms with van der Waals surface area (Å²) in [5, 5.41) is 11.1. The van der Waals surface area contributed by atoms with E-state index < -0.39 is 0 Å². The Hall–Kier alpha value is -2.17. The van der Waals surface area contributed by atoms with Crippen molar-refractivity contribution >= 4 is 6.21 Å². The number of benzene rings is 1. The predicted molar refractivity (Wildman–Crippen MR) is 136 cm³/mol. The Morgan fingerprint density at radius 3 is 1.94 bits per heavy atom. The first-order valence-electron chi connectivity index (χ1n) is 12.9. The van der Waals surface area contributed by atoms with Gasteiger partial charge in [0.05, 0.1) is 6.21 Å². The molecule has 0 amide bonds. The van der Waals surface area contributed by atoms with Gasteiger partial charge in [-0.15, -0.1) is 0 Å². The van der Waals surface area contributed by atoms with E-state index in [0.29, 0.717) is 11.7 Å². The van der Waals surface area contributed by atoms with Crippen molar-refractivity contribution in [3.8, 4) is 0 Å². The van der Waals surface area contributed by atoms with Gasteiger partial charge in [0.2, 0.25) is 0 Å². The van der Waals surface area contributed by atoms with E-state index in [4.69, 9.17) is 0 Å². The average Bonchev–Trinajstić information content (AvgIpc) is 3.15. The predicted octanol–water partition coefficient (Wildman–Crippen LogP) is 7.21. The van der Waals surface area contributed by atoms with Crippen molar-refractivity contribution in [2.24, 2.45) is 5.10 Å². The third-order valence-corrected chi connectivity index (χ3v) is 6.15. The van der Waals surface area contributed by atoms with Crippen LogP contribution < -0.4 is 5.69 Å². The Kier molecular flexibility index (Phi) is 12.7. The molecule has 0 aliphatic heterocycles. The molecular weight excluding hydrogens is 396 g/mol. The lowest BCUT2D eigenvalue weighted by Gasteiger charge is -2.04. The fraction of sp³-hybridized carbons (Fsp3) is 0.667. The van der Waals surface area contributed by atoms with Crippen molar-refractivity contribution in [2.75, 3.05) is 0 Å². The molecule has 0 radical (unpaired) electrons. The molecule has 0 aliphatic carbocycles. The van der Waals surface area contributed by atoms with E-state index in [1.54, 1.807) is 6.21 Å². The lowest BCUT2D eigenvalue weighted by molar-refractivity contribution is 0.537. The number of rotatable bonds is 17. The van der Waals surface area contributed by atoms with E-state index in [-0.39, 0.29) is 5.69 Å². The topological polar surface area (TPSA) is 63.0 Å². The quantitative estimate of drug-likeness (QED) is 0.209. The first kappa shape index (κ1) is 26.1. The van der Waals surface area contributed by atoms with Gasteiger partial charge >= 0.3 is 5.69 Å². The third-order valence-electron chi connectivity index (χ3n) is 6.15. The Balaban J connectivity index is 1.62. The first-order chi connectivity index (χ1) is 15.6. The van der Waals surface area contributed by atoms with Crippen molar-refractivity contribution in [2.45, 2.75) is 117 Å². The number of unbranched alkanes of at least 4 members (excludes halogenated alkanes) is 12. The monoisotopic (exact) mass is 440 g/mol. The number of aromatic nitrogens is 3. The minimum absolute atomic E-state index is 0.273. The molecule has 178 valence electrons. The summed E-state index contributed by atoms with van der Waals surface area (Å²) in [5.41, 5.74) is 2.00. The molecule has 32 heavy (non-hydrogen) atoms. The van der Waals surface area contributed by atoms with Crippen LogP contribution in [0.2, 0.25) is 0 Å². The molecule has 0 unspecified atom stereocenters. The average molecular weight is 441 g/mol. The summed E-state index contributed by atoms with van der Waals surface area (Å²) in [4.78, 5) is 12.1. The summed E-state index contributed by atoms with van der Waals surface area (Å²) in [5.74, 6) is 1.22. The van der Waals surface area contributed by atoms with Gasteiger partial charge in [-0.3, -0.25) is 0 Å². The van der Waals surface area contributed by atoms with Gasteiger partial charge in [-0.2, -0.15) is 14.9 Å². The van der Waals surface area contributed by atoms with Gasteiger partial charge < -0.3 is 0 Å². The number of aromatic amines is 1. The summed E-state index contributed by atoms with van der Waals surface area (Å²) < 4.78 is 1.40. The Bertz CT molecular complexity index is 817. The van der Waals surface area contributed by atoms with Gasteiger partial charge in [-0.25, -0.2) is 9.89 Å². The van der Waals surface area contributed by atoms with Crippen LogP contribution in [0.1, 0.15) is 127 Å². The maximum absolute atomic E-state index is 12.1. The van der Waals surface area contributed by atoms with E-state index in [2.05, 4.69) is 48.2 Å². The minimum Gasteiger partial charge on any atom is -0.244 e. The molecule has 5 heteroatoms. The van der Waals surface area contributed by atoms with Gasteiger partial charge in [0.25, 0.3) is 0 Å². The molecule has 0 atom stereocenters.